The molecule has 0 aromatic carbocycles. The topological polar surface area (TPSA) is 9.23 Å². The number of ether oxygens (including phenoxy) is 1. The molecule has 0 bridgehead atoms. The second kappa shape index (κ2) is 12.2. The molecule has 0 N–H and O–H groups in total. The molecule has 0 aliphatic rings. The zero-order chi connectivity index (χ0) is 28.3. The molecule has 0 aliphatic heterocycles. The van der Waals surface area contributed by atoms with Crippen LogP contribution in [0.4, 0.5) is 0 Å². The van der Waals surface area contributed by atoms with Gasteiger partial charge in [0.25, 0.3) is 0 Å². The van der Waals surface area contributed by atoms with Crippen LogP contribution >= 0.6 is 0 Å². The molecule has 0 spiro atoms. The van der Waals surface area contributed by atoms with E-state index >= 15 is 0 Å². The van der Waals surface area contributed by atoms with E-state index < -0.39 is 0 Å². The molecule has 0 rings (SSSR count). The molecule has 1 nitrogen and oxygen atoms in total. The molecule has 0 radical (unpaired) electrons. The van der Waals surface area contributed by atoms with E-state index in [1.807, 2.05) is 0 Å². The fourth-order valence-electron chi connectivity index (χ4n) is 7.66. The van der Waals surface area contributed by atoms with E-state index in [0.717, 1.165) is 11.8 Å². The third-order valence-corrected chi connectivity index (χ3v) is 8.11. The average Bonchev–Trinajstić information content (AvgIpc) is 2.46. The molecule has 0 amide bonds. The van der Waals surface area contributed by atoms with Crippen LogP contribution in [0.3, 0.4) is 0 Å². The van der Waals surface area contributed by atoms with Crippen LogP contribution < -0.4 is 0 Å². The van der Waals surface area contributed by atoms with Gasteiger partial charge in [-0.1, -0.05) is 110 Å². The Hall–Kier alpha value is -0.0400. The van der Waals surface area contributed by atoms with Gasteiger partial charge in [0.2, 0.25) is 0 Å². The van der Waals surface area contributed by atoms with Crippen molar-refractivity contribution < 1.29 is 4.74 Å². The Morgan fingerprint density at radius 2 is 0.686 bits per heavy atom. The van der Waals surface area contributed by atoms with Gasteiger partial charge >= 0.3 is 0 Å². The molecule has 0 aliphatic carbocycles. The first-order valence-electron chi connectivity index (χ1n) is 14.9. The number of hydrogen-bond acceptors (Lipinski definition) is 1. The van der Waals surface area contributed by atoms with E-state index in [9.17, 15) is 0 Å². The second-order valence-electron chi connectivity index (χ2n) is 18.0. The normalized spacial score (nSPS) is 18.3. The summed E-state index contributed by atoms with van der Waals surface area (Å²) in [5, 5.41) is 0. The maximum atomic E-state index is 7.27. The van der Waals surface area contributed by atoms with Crippen molar-refractivity contribution in [3.63, 3.8) is 0 Å². The Kier molecular flexibility index (Phi) is 12.2. The summed E-state index contributed by atoms with van der Waals surface area (Å²) >= 11 is 0. The fourth-order valence-corrected chi connectivity index (χ4v) is 7.66. The summed E-state index contributed by atoms with van der Waals surface area (Å²) < 4.78 is 7.27. The molecular formula is C34H70O. The first-order chi connectivity index (χ1) is 15.2. The Morgan fingerprint density at radius 1 is 0.429 bits per heavy atom. The van der Waals surface area contributed by atoms with Crippen molar-refractivity contribution in [2.24, 2.45) is 45.3 Å². The third kappa shape index (κ3) is 13.9. The van der Waals surface area contributed by atoms with Gasteiger partial charge in [0.15, 0.2) is 0 Å². The van der Waals surface area contributed by atoms with Crippen LogP contribution in [0.2, 0.25) is 0 Å². The lowest BCUT2D eigenvalue weighted by molar-refractivity contribution is -0.204. The van der Waals surface area contributed by atoms with Crippen LogP contribution in [0.1, 0.15) is 163 Å². The lowest BCUT2D eigenvalue weighted by Gasteiger charge is -2.51. The smallest absolute Gasteiger partial charge is 0.0666 e. The maximum absolute atomic E-state index is 7.27. The quantitative estimate of drug-likeness (QED) is 0.262. The van der Waals surface area contributed by atoms with E-state index in [4.69, 9.17) is 4.74 Å². The van der Waals surface area contributed by atoms with E-state index in [0.29, 0.717) is 22.7 Å². The molecule has 0 heterocycles. The van der Waals surface area contributed by atoms with Gasteiger partial charge in [-0.15, -0.1) is 0 Å². The monoisotopic (exact) mass is 495 g/mol. The SMILES string of the molecule is CC(CCC(C(C)(C)C)C(C)(C)OC(C)(C)C(CCC(C)CC(C)(C)C)C(C)(C)C)CC(C)(C)C. The molecule has 4 unspecified atom stereocenters. The van der Waals surface area contributed by atoms with Gasteiger partial charge in [-0.3, -0.25) is 0 Å². The van der Waals surface area contributed by atoms with E-state index in [2.05, 4.69) is 125 Å². The largest absolute Gasteiger partial charge is 0.369 e. The molecule has 0 aromatic heterocycles. The minimum absolute atomic E-state index is 0.177. The van der Waals surface area contributed by atoms with E-state index in [-0.39, 0.29) is 22.0 Å². The van der Waals surface area contributed by atoms with Crippen molar-refractivity contribution in [1.29, 1.82) is 0 Å². The van der Waals surface area contributed by atoms with Crippen LogP contribution in [-0.4, -0.2) is 11.2 Å². The minimum Gasteiger partial charge on any atom is -0.369 e. The summed E-state index contributed by atoms with van der Waals surface area (Å²) in [5.41, 5.74) is 0.857. The summed E-state index contributed by atoms with van der Waals surface area (Å²) in [5.74, 6) is 2.51. The molecule has 4 atom stereocenters. The van der Waals surface area contributed by atoms with E-state index in [1.165, 1.54) is 38.5 Å². The Morgan fingerprint density at radius 3 is 0.886 bits per heavy atom. The summed E-state index contributed by atoms with van der Waals surface area (Å²) in [7, 11) is 0. The van der Waals surface area contributed by atoms with Crippen LogP contribution in [0.15, 0.2) is 0 Å². The number of rotatable bonds is 12. The highest BCUT2D eigenvalue weighted by Gasteiger charge is 2.46. The van der Waals surface area contributed by atoms with E-state index in [1.54, 1.807) is 0 Å². The second-order valence-corrected chi connectivity index (χ2v) is 18.0. The highest BCUT2D eigenvalue weighted by molar-refractivity contribution is 4.95. The van der Waals surface area contributed by atoms with Crippen molar-refractivity contribution in [3.8, 4) is 0 Å². The Labute approximate surface area is 224 Å². The highest BCUT2D eigenvalue weighted by Crippen LogP contribution is 2.48. The van der Waals surface area contributed by atoms with Crippen molar-refractivity contribution in [2.75, 3.05) is 0 Å². The summed E-state index contributed by atoms with van der Waals surface area (Å²) in [6.07, 6.45) is 7.59. The van der Waals surface area contributed by atoms with Crippen LogP contribution in [0.5, 0.6) is 0 Å². The Balaban J connectivity index is 5.70. The first-order valence-corrected chi connectivity index (χ1v) is 14.9. The van der Waals surface area contributed by atoms with Gasteiger partial charge < -0.3 is 4.74 Å². The van der Waals surface area contributed by atoms with Gasteiger partial charge in [0, 0.05) is 0 Å². The zero-order valence-electron chi connectivity index (χ0n) is 28.0. The molecule has 0 saturated heterocycles. The van der Waals surface area contributed by atoms with Crippen molar-refractivity contribution >= 4 is 0 Å². The molecule has 212 valence electrons. The van der Waals surface area contributed by atoms with Crippen molar-refractivity contribution in [1.82, 2.24) is 0 Å². The number of hydrogen-bond donors (Lipinski definition) is 0. The van der Waals surface area contributed by atoms with Crippen LogP contribution in [0.25, 0.3) is 0 Å². The van der Waals surface area contributed by atoms with Gasteiger partial charge in [-0.2, -0.15) is 0 Å². The maximum Gasteiger partial charge on any atom is 0.0666 e. The summed E-state index contributed by atoms with van der Waals surface area (Å²) in [6.45, 7) is 43.1. The van der Waals surface area contributed by atoms with Crippen LogP contribution in [-0.2, 0) is 4.74 Å². The molecular weight excluding hydrogens is 424 g/mol. The third-order valence-electron chi connectivity index (χ3n) is 8.11. The average molecular weight is 495 g/mol. The van der Waals surface area contributed by atoms with Crippen molar-refractivity contribution in [3.05, 3.63) is 0 Å². The van der Waals surface area contributed by atoms with Crippen LogP contribution in [0, 0.1) is 45.3 Å². The minimum atomic E-state index is -0.177. The Bertz CT molecular complexity index is 542. The molecule has 0 fully saturated rings. The molecule has 1 heteroatoms. The standard InChI is InChI=1S/C34H70O/c1-25(23-29(3,4)5)19-21-27(31(9,10)11)33(15,16)35-34(17,18)28(32(12,13)14)22-20-26(2)24-30(6,7)8/h25-28H,19-24H2,1-18H3. The predicted molar refractivity (Wildman–Crippen MR) is 160 cm³/mol. The highest BCUT2D eigenvalue weighted by atomic mass is 16.5. The summed E-state index contributed by atoms with van der Waals surface area (Å²) in [6, 6.07) is 0. The molecule has 0 saturated carbocycles. The lowest BCUT2D eigenvalue weighted by atomic mass is 9.66. The first kappa shape index (κ1) is 35.0. The molecule has 0 aromatic rings. The zero-order valence-corrected chi connectivity index (χ0v) is 28.0. The fraction of sp³-hybridized carbons (Fsp3) is 1.00. The lowest BCUT2D eigenvalue weighted by Crippen LogP contribution is -2.52. The van der Waals surface area contributed by atoms with Gasteiger partial charge in [0.1, 0.15) is 0 Å². The predicted octanol–water partition coefficient (Wildman–Crippen LogP) is 11.6. The van der Waals surface area contributed by atoms with Gasteiger partial charge in [-0.25, -0.2) is 0 Å². The van der Waals surface area contributed by atoms with Gasteiger partial charge in [-0.05, 0) is 98.7 Å². The van der Waals surface area contributed by atoms with Gasteiger partial charge in [0.05, 0.1) is 11.2 Å². The summed E-state index contributed by atoms with van der Waals surface area (Å²) in [4.78, 5) is 0. The molecule has 35 heavy (non-hydrogen) atoms. The van der Waals surface area contributed by atoms with Crippen molar-refractivity contribution in [2.45, 2.75) is 174 Å².